The number of thioether (sulfide) groups is 1. The van der Waals surface area contributed by atoms with Gasteiger partial charge in [-0.3, -0.25) is 9.59 Å². The number of hydrogen-bond acceptors (Lipinski definition) is 5. The molecule has 1 N–H and O–H groups in total. The second-order valence-electron chi connectivity index (χ2n) is 7.86. The van der Waals surface area contributed by atoms with E-state index in [2.05, 4.69) is 15.3 Å². The summed E-state index contributed by atoms with van der Waals surface area (Å²) in [6.45, 7) is 3.31. The van der Waals surface area contributed by atoms with E-state index in [1.807, 2.05) is 49.6 Å². The Bertz CT molecular complexity index is 1190. The summed E-state index contributed by atoms with van der Waals surface area (Å²) in [4.78, 5) is 28.4. The standard InChI is InChI=1S/C24H25ClN4O2S/c1-16-6-7-19(15-21(16)25)29-23(30)9-8-22(27-29)28-12-10-17(11-13-28)24(31)26-18-4-3-5-20(14-18)32-2/h3-9,14-15,17H,10-13H2,1-2H3,(H,26,31). The quantitative estimate of drug-likeness (QED) is 0.546. The number of carbonyl (C=O) groups excluding carboxylic acids is 1. The van der Waals surface area contributed by atoms with Crippen molar-refractivity contribution in [3.05, 3.63) is 75.5 Å². The molecule has 3 aromatic rings. The molecule has 0 bridgehead atoms. The fourth-order valence-corrected chi connectivity index (χ4v) is 4.42. The second kappa shape index (κ2) is 9.79. The summed E-state index contributed by atoms with van der Waals surface area (Å²) in [5, 5.41) is 8.20. The number of piperidine rings is 1. The molecule has 1 amide bonds. The van der Waals surface area contributed by atoms with Crippen LogP contribution in [0, 0.1) is 12.8 Å². The molecule has 0 saturated carbocycles. The maximum absolute atomic E-state index is 12.7. The third kappa shape index (κ3) is 5.00. The van der Waals surface area contributed by atoms with Crippen LogP contribution in [0.2, 0.25) is 5.02 Å². The van der Waals surface area contributed by atoms with E-state index < -0.39 is 0 Å². The summed E-state index contributed by atoms with van der Waals surface area (Å²) in [5.74, 6) is 0.717. The maximum Gasteiger partial charge on any atom is 0.271 e. The summed E-state index contributed by atoms with van der Waals surface area (Å²) in [5.41, 5.74) is 2.19. The number of anilines is 2. The molecule has 8 heteroatoms. The minimum Gasteiger partial charge on any atom is -0.355 e. The molecule has 0 radical (unpaired) electrons. The number of carbonyl (C=O) groups is 1. The zero-order valence-corrected chi connectivity index (χ0v) is 19.6. The SMILES string of the molecule is CSc1cccc(NC(=O)C2CCN(c3ccc(=O)n(-c4ccc(C)c(Cl)c4)n3)CC2)c1. The van der Waals surface area contributed by atoms with Crippen LogP contribution in [0.1, 0.15) is 18.4 Å². The van der Waals surface area contributed by atoms with Crippen molar-refractivity contribution in [3.8, 4) is 5.69 Å². The number of hydrogen-bond donors (Lipinski definition) is 1. The molecule has 0 unspecified atom stereocenters. The molecular formula is C24H25ClN4O2S. The normalized spacial score (nSPS) is 14.4. The molecule has 2 aromatic carbocycles. The molecule has 6 nitrogen and oxygen atoms in total. The van der Waals surface area contributed by atoms with Crippen LogP contribution in [0.15, 0.2) is 64.3 Å². The van der Waals surface area contributed by atoms with Gasteiger partial charge in [-0.2, -0.15) is 4.68 Å². The van der Waals surface area contributed by atoms with Gasteiger partial charge in [-0.15, -0.1) is 16.9 Å². The van der Waals surface area contributed by atoms with Crippen LogP contribution in [0.4, 0.5) is 11.5 Å². The van der Waals surface area contributed by atoms with Crippen LogP contribution in [0.3, 0.4) is 0 Å². The van der Waals surface area contributed by atoms with Crippen molar-refractivity contribution in [2.75, 3.05) is 29.6 Å². The average molecular weight is 469 g/mol. The van der Waals surface area contributed by atoms with Crippen molar-refractivity contribution in [3.63, 3.8) is 0 Å². The zero-order chi connectivity index (χ0) is 22.7. The number of nitrogens with zero attached hydrogens (tertiary/aromatic N) is 3. The van der Waals surface area contributed by atoms with Crippen LogP contribution >= 0.6 is 23.4 Å². The van der Waals surface area contributed by atoms with Crippen molar-refractivity contribution < 1.29 is 4.79 Å². The molecule has 0 atom stereocenters. The Morgan fingerprint density at radius 3 is 2.62 bits per heavy atom. The number of nitrogens with one attached hydrogen (secondary N) is 1. The van der Waals surface area contributed by atoms with Crippen LogP contribution in [-0.4, -0.2) is 35.0 Å². The molecule has 0 aliphatic carbocycles. The lowest BCUT2D eigenvalue weighted by atomic mass is 9.96. The molecular weight excluding hydrogens is 444 g/mol. The fourth-order valence-electron chi connectivity index (χ4n) is 3.78. The third-order valence-corrected chi connectivity index (χ3v) is 6.85. The van der Waals surface area contributed by atoms with Gasteiger partial charge in [-0.1, -0.05) is 23.7 Å². The molecule has 1 saturated heterocycles. The predicted molar refractivity (Wildman–Crippen MR) is 131 cm³/mol. The highest BCUT2D eigenvalue weighted by Crippen LogP contribution is 2.25. The van der Waals surface area contributed by atoms with Crippen molar-refractivity contribution in [2.24, 2.45) is 5.92 Å². The lowest BCUT2D eigenvalue weighted by Gasteiger charge is -2.32. The Labute approximate surface area is 196 Å². The molecule has 4 rings (SSSR count). The molecule has 1 fully saturated rings. The van der Waals surface area contributed by atoms with Crippen molar-refractivity contribution in [1.82, 2.24) is 9.78 Å². The van der Waals surface area contributed by atoms with E-state index in [0.29, 0.717) is 29.6 Å². The summed E-state index contributed by atoms with van der Waals surface area (Å²) in [6, 6.07) is 16.6. The molecule has 0 spiro atoms. The Kier molecular flexibility index (Phi) is 6.86. The molecule has 1 aliphatic heterocycles. The van der Waals surface area contributed by atoms with E-state index in [0.717, 1.165) is 29.0 Å². The average Bonchev–Trinajstić information content (AvgIpc) is 2.81. The lowest BCUT2D eigenvalue weighted by Crippen LogP contribution is -2.39. The van der Waals surface area contributed by atoms with Crippen LogP contribution in [0.25, 0.3) is 5.69 Å². The van der Waals surface area contributed by atoms with Gasteiger partial charge in [0.1, 0.15) is 5.82 Å². The summed E-state index contributed by atoms with van der Waals surface area (Å²) < 4.78 is 1.37. The van der Waals surface area contributed by atoms with E-state index in [4.69, 9.17) is 11.6 Å². The van der Waals surface area contributed by atoms with Gasteiger partial charge in [0, 0.05) is 40.7 Å². The first-order chi connectivity index (χ1) is 15.4. The van der Waals surface area contributed by atoms with Gasteiger partial charge in [0.15, 0.2) is 0 Å². The number of aromatic nitrogens is 2. The highest BCUT2D eigenvalue weighted by Gasteiger charge is 2.26. The number of halogens is 1. The molecule has 32 heavy (non-hydrogen) atoms. The van der Waals surface area contributed by atoms with E-state index in [1.165, 1.54) is 10.7 Å². The molecule has 1 aromatic heterocycles. The first kappa shape index (κ1) is 22.4. The number of amides is 1. The smallest absolute Gasteiger partial charge is 0.271 e. The van der Waals surface area contributed by atoms with Gasteiger partial charge in [0.25, 0.3) is 5.56 Å². The van der Waals surface area contributed by atoms with Gasteiger partial charge in [0.05, 0.1) is 5.69 Å². The Hall–Kier alpha value is -2.77. The second-order valence-corrected chi connectivity index (χ2v) is 9.14. The first-order valence-corrected chi connectivity index (χ1v) is 12.1. The highest BCUT2D eigenvalue weighted by atomic mass is 35.5. The highest BCUT2D eigenvalue weighted by molar-refractivity contribution is 7.98. The van der Waals surface area contributed by atoms with E-state index >= 15 is 0 Å². The molecule has 166 valence electrons. The number of benzene rings is 2. The lowest BCUT2D eigenvalue weighted by molar-refractivity contribution is -0.120. The topological polar surface area (TPSA) is 67.2 Å². The van der Waals surface area contributed by atoms with Gasteiger partial charge in [-0.05, 0) is 68.0 Å². The van der Waals surface area contributed by atoms with Crippen molar-refractivity contribution in [1.29, 1.82) is 0 Å². The third-order valence-electron chi connectivity index (χ3n) is 5.71. The predicted octanol–water partition coefficient (Wildman–Crippen LogP) is 4.77. The molecule has 1 aliphatic rings. The van der Waals surface area contributed by atoms with E-state index in [9.17, 15) is 9.59 Å². The zero-order valence-electron chi connectivity index (χ0n) is 18.0. The summed E-state index contributed by atoms with van der Waals surface area (Å²) in [6.07, 6.45) is 3.47. The van der Waals surface area contributed by atoms with Gasteiger partial charge >= 0.3 is 0 Å². The minimum atomic E-state index is -0.213. The van der Waals surface area contributed by atoms with Crippen LogP contribution < -0.4 is 15.8 Å². The van der Waals surface area contributed by atoms with Gasteiger partial charge in [0.2, 0.25) is 5.91 Å². The first-order valence-electron chi connectivity index (χ1n) is 10.5. The van der Waals surface area contributed by atoms with Crippen LogP contribution in [0.5, 0.6) is 0 Å². The van der Waals surface area contributed by atoms with Gasteiger partial charge < -0.3 is 10.2 Å². The summed E-state index contributed by atoms with van der Waals surface area (Å²) in [7, 11) is 0. The molecule has 2 heterocycles. The van der Waals surface area contributed by atoms with Crippen LogP contribution in [-0.2, 0) is 4.79 Å². The van der Waals surface area contributed by atoms with E-state index in [1.54, 1.807) is 23.9 Å². The van der Waals surface area contributed by atoms with E-state index in [-0.39, 0.29) is 17.4 Å². The van der Waals surface area contributed by atoms with Gasteiger partial charge in [-0.25, -0.2) is 0 Å². The van der Waals surface area contributed by atoms with Crippen molar-refractivity contribution >= 4 is 40.8 Å². The minimum absolute atomic E-state index is 0.0500. The fraction of sp³-hybridized carbons (Fsp3) is 0.292. The number of aryl methyl sites for hydroxylation is 1. The Morgan fingerprint density at radius 1 is 1.12 bits per heavy atom. The monoisotopic (exact) mass is 468 g/mol. The Morgan fingerprint density at radius 2 is 1.91 bits per heavy atom. The maximum atomic E-state index is 12.7. The largest absolute Gasteiger partial charge is 0.355 e. The Balaban J connectivity index is 1.43. The summed E-state index contributed by atoms with van der Waals surface area (Å²) >= 11 is 7.88. The number of rotatable bonds is 5. The van der Waals surface area contributed by atoms with Crippen molar-refractivity contribution in [2.45, 2.75) is 24.7 Å².